The number of anilines is 1. The van der Waals surface area contributed by atoms with Crippen LogP contribution in [0.15, 0.2) is 70.3 Å². The molecule has 25 heavy (non-hydrogen) atoms. The monoisotopic (exact) mass is 335 g/mol. The topological polar surface area (TPSA) is 70.0 Å². The number of rotatable bonds is 5. The van der Waals surface area contributed by atoms with E-state index in [1.807, 2.05) is 67.6 Å². The van der Waals surface area contributed by atoms with E-state index in [0.717, 1.165) is 11.1 Å². The lowest BCUT2D eigenvalue weighted by Crippen LogP contribution is -2.43. The maximum atomic E-state index is 13.0. The molecule has 1 aromatic heterocycles. The minimum absolute atomic E-state index is 0.237. The highest BCUT2D eigenvalue weighted by Crippen LogP contribution is 2.12. The van der Waals surface area contributed by atoms with E-state index in [4.69, 9.17) is 5.73 Å². The number of nitrogens with zero attached hydrogens (tertiary/aromatic N) is 2. The number of benzene rings is 2. The lowest BCUT2D eigenvalue weighted by Gasteiger charge is -2.16. The minimum atomic E-state index is -0.370. The first-order valence-corrected chi connectivity index (χ1v) is 8.31. The van der Waals surface area contributed by atoms with Crippen LogP contribution in [0.2, 0.25) is 0 Å². The molecule has 0 radical (unpaired) electrons. The summed E-state index contributed by atoms with van der Waals surface area (Å²) in [6.45, 7) is 2.50. The van der Waals surface area contributed by atoms with Crippen molar-refractivity contribution in [2.75, 3.05) is 5.73 Å². The van der Waals surface area contributed by atoms with Gasteiger partial charge < -0.3 is 5.73 Å². The van der Waals surface area contributed by atoms with Gasteiger partial charge in [-0.2, -0.15) is 0 Å². The standard InChI is InChI=1S/C20H21N3O2/c1-2-22-18(21)17(13-15-9-5-3-6-10-15)19(24)23(20(22)25)14-16-11-7-4-8-12-16/h3-12H,2,13-14,21H2,1H3. The van der Waals surface area contributed by atoms with Crippen LogP contribution in [0.3, 0.4) is 0 Å². The molecule has 0 unspecified atom stereocenters. The van der Waals surface area contributed by atoms with Gasteiger partial charge in [0.15, 0.2) is 0 Å². The van der Waals surface area contributed by atoms with E-state index in [2.05, 4.69) is 0 Å². The molecule has 0 atom stereocenters. The molecule has 128 valence electrons. The Labute approximate surface area is 146 Å². The van der Waals surface area contributed by atoms with Gasteiger partial charge in [-0.15, -0.1) is 0 Å². The summed E-state index contributed by atoms with van der Waals surface area (Å²) in [6.07, 6.45) is 0.403. The van der Waals surface area contributed by atoms with Gasteiger partial charge >= 0.3 is 5.69 Å². The van der Waals surface area contributed by atoms with Crippen LogP contribution in [0.4, 0.5) is 5.82 Å². The second-order valence-corrected chi connectivity index (χ2v) is 5.93. The molecule has 1 heterocycles. The van der Waals surface area contributed by atoms with Crippen molar-refractivity contribution in [1.29, 1.82) is 0 Å². The highest BCUT2D eigenvalue weighted by Gasteiger charge is 2.17. The molecular weight excluding hydrogens is 314 g/mol. The lowest BCUT2D eigenvalue weighted by molar-refractivity contribution is 0.599. The van der Waals surface area contributed by atoms with Crippen LogP contribution in [0, 0.1) is 0 Å². The van der Waals surface area contributed by atoms with Crippen LogP contribution in [0.25, 0.3) is 0 Å². The van der Waals surface area contributed by atoms with E-state index >= 15 is 0 Å². The molecule has 0 fully saturated rings. The average Bonchev–Trinajstić information content (AvgIpc) is 2.64. The summed E-state index contributed by atoms with van der Waals surface area (Å²) in [5.74, 6) is 0.255. The van der Waals surface area contributed by atoms with Gasteiger partial charge in [-0.3, -0.25) is 13.9 Å². The predicted molar refractivity (Wildman–Crippen MR) is 99.8 cm³/mol. The Hall–Kier alpha value is -3.08. The van der Waals surface area contributed by atoms with Crippen LogP contribution in [-0.4, -0.2) is 9.13 Å². The summed E-state index contributed by atoms with van der Waals surface area (Å²) in [6, 6.07) is 19.1. The largest absolute Gasteiger partial charge is 0.385 e. The Morgan fingerprint density at radius 2 is 1.40 bits per heavy atom. The second kappa shape index (κ2) is 7.21. The third kappa shape index (κ3) is 3.40. The first-order chi connectivity index (χ1) is 12.1. The molecule has 2 aromatic carbocycles. The van der Waals surface area contributed by atoms with Gasteiger partial charge in [0.05, 0.1) is 12.1 Å². The van der Waals surface area contributed by atoms with Gasteiger partial charge in [0.2, 0.25) is 0 Å². The highest BCUT2D eigenvalue weighted by molar-refractivity contribution is 5.42. The summed E-state index contributed by atoms with van der Waals surface area (Å²) in [5.41, 5.74) is 7.82. The third-order valence-corrected chi connectivity index (χ3v) is 4.29. The molecule has 5 nitrogen and oxygen atoms in total. The average molecular weight is 335 g/mol. The first-order valence-electron chi connectivity index (χ1n) is 8.31. The van der Waals surface area contributed by atoms with E-state index in [0.29, 0.717) is 18.5 Å². The van der Waals surface area contributed by atoms with Gasteiger partial charge in [0, 0.05) is 13.0 Å². The van der Waals surface area contributed by atoms with Crippen molar-refractivity contribution in [3.8, 4) is 0 Å². The van der Waals surface area contributed by atoms with Crippen molar-refractivity contribution in [2.45, 2.75) is 26.4 Å². The van der Waals surface area contributed by atoms with E-state index in [1.165, 1.54) is 9.13 Å². The van der Waals surface area contributed by atoms with E-state index < -0.39 is 0 Å². The number of aromatic nitrogens is 2. The maximum Gasteiger partial charge on any atom is 0.332 e. The van der Waals surface area contributed by atoms with Crippen molar-refractivity contribution >= 4 is 5.82 Å². The molecule has 0 saturated heterocycles. The zero-order valence-electron chi connectivity index (χ0n) is 14.2. The molecule has 0 saturated carbocycles. The van der Waals surface area contributed by atoms with Gasteiger partial charge in [-0.25, -0.2) is 4.79 Å². The number of nitrogens with two attached hydrogens (primary N) is 1. The van der Waals surface area contributed by atoms with E-state index in [9.17, 15) is 9.59 Å². The van der Waals surface area contributed by atoms with Crippen LogP contribution >= 0.6 is 0 Å². The van der Waals surface area contributed by atoms with Crippen molar-refractivity contribution in [2.24, 2.45) is 0 Å². The second-order valence-electron chi connectivity index (χ2n) is 5.93. The molecule has 3 rings (SSSR count). The maximum absolute atomic E-state index is 13.0. The van der Waals surface area contributed by atoms with Crippen molar-refractivity contribution in [3.63, 3.8) is 0 Å². The third-order valence-electron chi connectivity index (χ3n) is 4.29. The van der Waals surface area contributed by atoms with Crippen molar-refractivity contribution in [3.05, 3.63) is 98.2 Å². The Kier molecular flexibility index (Phi) is 4.84. The zero-order chi connectivity index (χ0) is 17.8. The van der Waals surface area contributed by atoms with Crippen molar-refractivity contribution in [1.82, 2.24) is 9.13 Å². The number of hydrogen-bond donors (Lipinski definition) is 1. The molecule has 0 aliphatic heterocycles. The fourth-order valence-corrected chi connectivity index (χ4v) is 2.95. The minimum Gasteiger partial charge on any atom is -0.385 e. The molecule has 0 spiro atoms. The fourth-order valence-electron chi connectivity index (χ4n) is 2.95. The zero-order valence-corrected chi connectivity index (χ0v) is 14.2. The molecule has 0 aliphatic rings. The van der Waals surface area contributed by atoms with E-state index in [1.54, 1.807) is 0 Å². The Bertz CT molecular complexity index is 974. The van der Waals surface area contributed by atoms with Crippen LogP contribution in [-0.2, 0) is 19.5 Å². The van der Waals surface area contributed by atoms with Crippen LogP contribution in [0.1, 0.15) is 23.6 Å². The van der Waals surface area contributed by atoms with Crippen LogP contribution < -0.4 is 17.0 Å². The summed E-state index contributed by atoms with van der Waals surface area (Å²) in [7, 11) is 0. The fraction of sp³-hybridized carbons (Fsp3) is 0.200. The first kappa shape index (κ1) is 16.8. The smallest absolute Gasteiger partial charge is 0.332 e. The summed E-state index contributed by atoms with van der Waals surface area (Å²) in [5, 5.41) is 0. The lowest BCUT2D eigenvalue weighted by atomic mass is 10.1. The highest BCUT2D eigenvalue weighted by atomic mass is 16.2. The number of nitrogen functional groups attached to an aromatic ring is 1. The summed E-state index contributed by atoms with van der Waals surface area (Å²) >= 11 is 0. The molecule has 0 amide bonds. The summed E-state index contributed by atoms with van der Waals surface area (Å²) in [4.78, 5) is 25.7. The predicted octanol–water partition coefficient (Wildman–Crippen LogP) is 2.25. The van der Waals surface area contributed by atoms with Gasteiger partial charge in [-0.05, 0) is 18.1 Å². The number of hydrogen-bond acceptors (Lipinski definition) is 3. The Balaban J connectivity index is 2.13. The normalized spacial score (nSPS) is 10.8. The van der Waals surface area contributed by atoms with Gasteiger partial charge in [0.25, 0.3) is 5.56 Å². The van der Waals surface area contributed by atoms with Gasteiger partial charge in [0.1, 0.15) is 5.82 Å². The summed E-state index contributed by atoms with van der Waals surface area (Å²) < 4.78 is 2.73. The Morgan fingerprint density at radius 3 is 1.96 bits per heavy atom. The SMILES string of the molecule is CCn1c(N)c(Cc2ccccc2)c(=O)n(Cc2ccccc2)c1=O. The molecular formula is C20H21N3O2. The molecule has 5 heteroatoms. The Morgan fingerprint density at radius 1 is 0.840 bits per heavy atom. The van der Waals surface area contributed by atoms with Crippen molar-refractivity contribution < 1.29 is 0 Å². The molecule has 0 bridgehead atoms. The van der Waals surface area contributed by atoms with Gasteiger partial charge in [-0.1, -0.05) is 60.7 Å². The quantitative estimate of drug-likeness (QED) is 0.777. The molecule has 2 N–H and O–H groups in total. The molecule has 3 aromatic rings. The van der Waals surface area contributed by atoms with E-state index in [-0.39, 0.29) is 23.6 Å². The van der Waals surface area contributed by atoms with Crippen LogP contribution in [0.5, 0.6) is 0 Å². The molecule has 0 aliphatic carbocycles.